The van der Waals surface area contributed by atoms with E-state index in [4.69, 9.17) is 0 Å². The summed E-state index contributed by atoms with van der Waals surface area (Å²) in [6.07, 6.45) is 1.80. The molecule has 10 nitrogen and oxygen atoms in total. The zero-order chi connectivity index (χ0) is 30.2. The summed E-state index contributed by atoms with van der Waals surface area (Å²) in [7, 11) is -4.04. The van der Waals surface area contributed by atoms with Gasteiger partial charge in [-0.15, -0.1) is 0 Å². The fourth-order valence-corrected chi connectivity index (χ4v) is 5.49. The highest BCUT2D eigenvalue weighted by molar-refractivity contribution is 9.10. The van der Waals surface area contributed by atoms with E-state index in [-0.39, 0.29) is 36.3 Å². The molecule has 2 amide bonds. The summed E-state index contributed by atoms with van der Waals surface area (Å²) in [5.74, 6) is -1.00. The van der Waals surface area contributed by atoms with Crippen LogP contribution < -0.4 is 9.62 Å². The Balaban J connectivity index is 2.08. The zero-order valence-electron chi connectivity index (χ0n) is 23.1. The second-order valence-electron chi connectivity index (χ2n) is 9.72. The van der Waals surface area contributed by atoms with Crippen LogP contribution in [-0.2, 0) is 32.6 Å². The van der Waals surface area contributed by atoms with E-state index in [1.54, 1.807) is 6.07 Å². The lowest BCUT2D eigenvalue weighted by Crippen LogP contribution is -2.54. The maximum Gasteiger partial charge on any atom is 0.271 e. The number of nitro groups is 1. The molecule has 0 unspecified atom stereocenters. The predicted molar refractivity (Wildman–Crippen MR) is 162 cm³/mol. The second-order valence-corrected chi connectivity index (χ2v) is 12.5. The van der Waals surface area contributed by atoms with Crippen LogP contribution in [0.25, 0.3) is 0 Å². The summed E-state index contributed by atoms with van der Waals surface area (Å²) in [4.78, 5) is 39.8. The van der Waals surface area contributed by atoms with Crippen LogP contribution >= 0.6 is 15.9 Å². The van der Waals surface area contributed by atoms with Crippen molar-refractivity contribution in [1.82, 2.24) is 10.2 Å². The Morgan fingerprint density at radius 1 is 1.00 bits per heavy atom. The number of sulfonamides is 1. The van der Waals surface area contributed by atoms with Gasteiger partial charge in [0.1, 0.15) is 12.6 Å². The third kappa shape index (κ3) is 9.12. The Morgan fingerprint density at radius 3 is 2.27 bits per heavy atom. The maximum absolute atomic E-state index is 14.1. The summed E-state index contributed by atoms with van der Waals surface area (Å²) in [5.41, 5.74) is 1.21. The third-order valence-electron chi connectivity index (χ3n) is 6.52. The van der Waals surface area contributed by atoms with Gasteiger partial charge in [-0.1, -0.05) is 71.4 Å². The first-order valence-electron chi connectivity index (χ1n) is 13.0. The molecule has 3 aromatic rings. The molecule has 0 aliphatic rings. The second kappa shape index (κ2) is 14.2. The molecule has 41 heavy (non-hydrogen) atoms. The number of hydrogen-bond donors (Lipinski definition) is 1. The predicted octanol–water partition coefficient (Wildman–Crippen LogP) is 4.68. The van der Waals surface area contributed by atoms with Gasteiger partial charge < -0.3 is 10.2 Å². The molecule has 0 fully saturated rings. The van der Waals surface area contributed by atoms with Gasteiger partial charge in [0, 0.05) is 35.6 Å². The van der Waals surface area contributed by atoms with Crippen molar-refractivity contribution in [3.63, 3.8) is 0 Å². The largest absolute Gasteiger partial charge is 0.352 e. The van der Waals surface area contributed by atoms with Gasteiger partial charge in [-0.05, 0) is 42.7 Å². The Kier molecular flexibility index (Phi) is 11.0. The zero-order valence-corrected chi connectivity index (χ0v) is 25.5. The molecule has 0 aliphatic heterocycles. The molecular weight excluding hydrogens is 612 g/mol. The number of nitrogens with one attached hydrogen (secondary N) is 1. The lowest BCUT2D eigenvalue weighted by Gasteiger charge is -2.34. The van der Waals surface area contributed by atoms with E-state index in [2.05, 4.69) is 21.2 Å². The molecule has 12 heteroatoms. The van der Waals surface area contributed by atoms with Crippen LogP contribution in [0.4, 0.5) is 11.4 Å². The van der Waals surface area contributed by atoms with Gasteiger partial charge in [0.15, 0.2) is 0 Å². The lowest BCUT2D eigenvalue weighted by atomic mass is 10.0. The molecule has 0 aliphatic carbocycles. The van der Waals surface area contributed by atoms with Crippen LogP contribution in [0.3, 0.4) is 0 Å². The highest BCUT2D eigenvalue weighted by Crippen LogP contribution is 2.24. The van der Waals surface area contributed by atoms with Gasteiger partial charge in [-0.25, -0.2) is 8.42 Å². The summed E-state index contributed by atoms with van der Waals surface area (Å²) >= 11 is 3.44. The highest BCUT2D eigenvalue weighted by atomic mass is 79.9. The number of nitrogens with zero attached hydrogens (tertiary/aromatic N) is 3. The number of hydrogen-bond acceptors (Lipinski definition) is 6. The molecule has 0 radical (unpaired) electrons. The van der Waals surface area contributed by atoms with Crippen molar-refractivity contribution in [1.29, 1.82) is 0 Å². The summed E-state index contributed by atoms with van der Waals surface area (Å²) in [6, 6.07) is 20.5. The van der Waals surface area contributed by atoms with E-state index in [1.807, 2.05) is 62.4 Å². The molecule has 0 spiro atoms. The van der Waals surface area contributed by atoms with E-state index < -0.39 is 33.4 Å². The molecule has 218 valence electrons. The first-order chi connectivity index (χ1) is 19.4. The van der Waals surface area contributed by atoms with Crippen LogP contribution in [0.15, 0.2) is 83.3 Å². The van der Waals surface area contributed by atoms with Gasteiger partial charge in [0.2, 0.25) is 21.8 Å². The smallest absolute Gasteiger partial charge is 0.271 e. The molecule has 3 aromatic carbocycles. The minimum absolute atomic E-state index is 0.0240. The standard InChI is InChI=1S/C29H33BrN4O6S/c1-4-21(2)31-29(36)27(17-22-10-6-5-7-11-22)32(19-23-12-8-13-24(30)16-23)28(35)20-33(41(3,39)40)25-14-9-15-26(18-25)34(37)38/h5-16,18,21,27H,4,17,19-20H2,1-3H3,(H,31,36)/t21-,27+/m0/s1. The highest BCUT2D eigenvalue weighted by Gasteiger charge is 2.33. The molecule has 0 bridgehead atoms. The van der Waals surface area contributed by atoms with E-state index in [0.717, 1.165) is 32.2 Å². The summed E-state index contributed by atoms with van der Waals surface area (Å²) in [5, 5.41) is 14.3. The minimum Gasteiger partial charge on any atom is -0.352 e. The van der Waals surface area contributed by atoms with E-state index >= 15 is 0 Å². The quantitative estimate of drug-likeness (QED) is 0.212. The van der Waals surface area contributed by atoms with Gasteiger partial charge in [-0.3, -0.25) is 24.0 Å². The van der Waals surface area contributed by atoms with Crippen LogP contribution in [0, 0.1) is 10.1 Å². The lowest BCUT2D eigenvalue weighted by molar-refractivity contribution is -0.384. The van der Waals surface area contributed by atoms with Crippen LogP contribution in [0.2, 0.25) is 0 Å². The van der Waals surface area contributed by atoms with Crippen molar-refractivity contribution < 1.29 is 22.9 Å². The number of rotatable bonds is 13. The fraction of sp³-hybridized carbons (Fsp3) is 0.310. The number of halogens is 1. The van der Waals surface area contributed by atoms with Crippen molar-refractivity contribution >= 4 is 49.1 Å². The van der Waals surface area contributed by atoms with Crippen molar-refractivity contribution in [2.24, 2.45) is 0 Å². The minimum atomic E-state index is -4.04. The molecule has 0 saturated heterocycles. The van der Waals surface area contributed by atoms with E-state index in [9.17, 15) is 28.1 Å². The Bertz CT molecular complexity index is 1490. The molecule has 0 aromatic heterocycles. The van der Waals surface area contributed by atoms with Gasteiger partial charge >= 0.3 is 0 Å². The average Bonchev–Trinajstić information content (AvgIpc) is 2.93. The number of anilines is 1. The maximum atomic E-state index is 14.1. The summed E-state index contributed by atoms with van der Waals surface area (Å²) in [6.45, 7) is 3.17. The van der Waals surface area contributed by atoms with Crippen molar-refractivity contribution in [3.8, 4) is 0 Å². The number of benzene rings is 3. The SMILES string of the molecule is CC[C@H](C)NC(=O)[C@@H](Cc1ccccc1)N(Cc1cccc(Br)c1)C(=O)CN(c1cccc([N+](=O)[O-])c1)S(C)(=O)=O. The Labute approximate surface area is 248 Å². The summed E-state index contributed by atoms with van der Waals surface area (Å²) < 4.78 is 27.3. The fourth-order valence-electron chi connectivity index (χ4n) is 4.20. The van der Waals surface area contributed by atoms with Crippen LogP contribution in [0.1, 0.15) is 31.4 Å². The van der Waals surface area contributed by atoms with Gasteiger partial charge in [0.25, 0.3) is 5.69 Å². The van der Waals surface area contributed by atoms with Gasteiger partial charge in [-0.2, -0.15) is 0 Å². The number of amides is 2. The molecule has 0 saturated carbocycles. The molecule has 0 heterocycles. The number of nitro benzene ring substituents is 1. The molecule has 3 rings (SSSR count). The molecule has 2 atom stereocenters. The number of carbonyl (C=O) groups is 2. The normalized spacial score (nSPS) is 12.7. The van der Waals surface area contributed by atoms with Gasteiger partial charge in [0.05, 0.1) is 16.9 Å². The average molecular weight is 646 g/mol. The van der Waals surface area contributed by atoms with Crippen LogP contribution in [0.5, 0.6) is 0 Å². The number of non-ortho nitro benzene ring substituents is 1. The Morgan fingerprint density at radius 2 is 1.66 bits per heavy atom. The molecule has 1 N–H and O–H groups in total. The van der Waals surface area contributed by atoms with E-state index in [1.165, 1.54) is 23.1 Å². The molecular formula is C29H33BrN4O6S. The first kappa shape index (κ1) is 31.8. The van der Waals surface area contributed by atoms with Crippen molar-refractivity contribution in [2.45, 2.75) is 45.3 Å². The van der Waals surface area contributed by atoms with Crippen molar-refractivity contribution in [2.75, 3.05) is 17.1 Å². The third-order valence-corrected chi connectivity index (χ3v) is 8.16. The van der Waals surface area contributed by atoms with Crippen LogP contribution in [-0.4, -0.2) is 54.9 Å². The Hall–Kier alpha value is -3.77. The van der Waals surface area contributed by atoms with Crippen molar-refractivity contribution in [3.05, 3.63) is 105 Å². The topological polar surface area (TPSA) is 130 Å². The first-order valence-corrected chi connectivity index (χ1v) is 15.6. The number of carbonyl (C=O) groups excluding carboxylic acids is 2. The monoisotopic (exact) mass is 644 g/mol. The van der Waals surface area contributed by atoms with E-state index in [0.29, 0.717) is 6.42 Å².